The number of hydrogen-bond donors (Lipinski definition) is 1. The van der Waals surface area contributed by atoms with Gasteiger partial charge in [-0.3, -0.25) is 0 Å². The van der Waals surface area contributed by atoms with Crippen molar-refractivity contribution in [2.24, 2.45) is 7.05 Å². The normalized spacial score (nSPS) is 10.6. The lowest BCUT2D eigenvalue weighted by Crippen LogP contribution is -2.14. The van der Waals surface area contributed by atoms with Gasteiger partial charge >= 0.3 is 0 Å². The molecule has 0 amide bonds. The van der Waals surface area contributed by atoms with Crippen LogP contribution < -0.4 is 5.32 Å². The molecule has 1 heterocycles. The van der Waals surface area contributed by atoms with Crippen molar-refractivity contribution in [3.63, 3.8) is 0 Å². The zero-order valence-corrected chi connectivity index (χ0v) is 9.91. The first-order valence-electron chi connectivity index (χ1n) is 5.16. The van der Waals surface area contributed by atoms with E-state index in [1.807, 2.05) is 36.0 Å². The summed E-state index contributed by atoms with van der Waals surface area (Å²) in [4.78, 5) is 4.06. The van der Waals surface area contributed by atoms with Gasteiger partial charge in [0.05, 0.1) is 12.0 Å². The van der Waals surface area contributed by atoms with Gasteiger partial charge in [-0.25, -0.2) is 4.98 Å². The molecule has 0 atom stereocenters. The number of aryl methyl sites for hydroxylation is 1. The fourth-order valence-corrected chi connectivity index (χ4v) is 1.75. The van der Waals surface area contributed by atoms with E-state index in [1.165, 1.54) is 11.3 Å². The second-order valence-electron chi connectivity index (χ2n) is 3.73. The maximum absolute atomic E-state index is 5.91. The fourth-order valence-electron chi connectivity index (χ4n) is 1.54. The minimum atomic E-state index is 0.778. The molecule has 3 nitrogen and oxygen atoms in total. The van der Waals surface area contributed by atoms with Gasteiger partial charge in [-0.15, -0.1) is 0 Å². The van der Waals surface area contributed by atoms with Gasteiger partial charge in [-0.1, -0.05) is 23.7 Å². The Morgan fingerprint density at radius 2 is 2.25 bits per heavy atom. The molecule has 0 unspecified atom stereocenters. The molecule has 0 saturated heterocycles. The fraction of sp³-hybridized carbons (Fsp3) is 0.250. The number of halogens is 1. The van der Waals surface area contributed by atoms with Crippen LogP contribution in [0.5, 0.6) is 0 Å². The van der Waals surface area contributed by atoms with Crippen LogP contribution in [0, 0.1) is 0 Å². The topological polar surface area (TPSA) is 29.9 Å². The van der Waals surface area contributed by atoms with Crippen molar-refractivity contribution in [3.8, 4) is 0 Å². The lowest BCUT2D eigenvalue weighted by molar-refractivity contribution is 0.655. The monoisotopic (exact) mass is 235 g/mol. The Labute approximate surface area is 100 Å². The van der Waals surface area contributed by atoms with Crippen molar-refractivity contribution in [2.45, 2.75) is 13.1 Å². The second-order valence-corrected chi connectivity index (χ2v) is 4.17. The van der Waals surface area contributed by atoms with E-state index >= 15 is 0 Å². The maximum Gasteiger partial charge on any atom is 0.0945 e. The summed E-state index contributed by atoms with van der Waals surface area (Å²) in [6, 6.07) is 7.87. The predicted octanol–water partition coefficient (Wildman–Crippen LogP) is 2.36. The van der Waals surface area contributed by atoms with Crippen LogP contribution in [0.25, 0.3) is 0 Å². The lowest BCUT2D eigenvalue weighted by Gasteiger charge is -2.05. The molecule has 4 heteroatoms. The Kier molecular flexibility index (Phi) is 3.59. The van der Waals surface area contributed by atoms with E-state index in [0.717, 1.165) is 18.1 Å². The number of nitrogens with one attached hydrogen (secondary N) is 1. The van der Waals surface area contributed by atoms with E-state index in [1.54, 1.807) is 6.33 Å². The van der Waals surface area contributed by atoms with Crippen LogP contribution in [0.15, 0.2) is 36.8 Å². The third kappa shape index (κ3) is 2.84. The van der Waals surface area contributed by atoms with Crippen molar-refractivity contribution in [2.75, 3.05) is 0 Å². The summed E-state index contributed by atoms with van der Waals surface area (Å²) in [5.74, 6) is 0. The van der Waals surface area contributed by atoms with Gasteiger partial charge in [0.2, 0.25) is 0 Å². The van der Waals surface area contributed by atoms with Crippen molar-refractivity contribution in [3.05, 3.63) is 53.1 Å². The Hall–Kier alpha value is -1.32. The third-order valence-electron chi connectivity index (χ3n) is 2.44. The Bertz CT molecular complexity index is 465. The van der Waals surface area contributed by atoms with Crippen LogP contribution in [0.2, 0.25) is 5.02 Å². The number of benzene rings is 1. The molecule has 0 aliphatic heterocycles. The first-order valence-corrected chi connectivity index (χ1v) is 5.54. The van der Waals surface area contributed by atoms with Crippen LogP contribution in [-0.2, 0) is 20.1 Å². The molecule has 0 spiro atoms. The number of imidazole rings is 1. The summed E-state index contributed by atoms with van der Waals surface area (Å²) in [6.07, 6.45) is 3.67. The summed E-state index contributed by atoms with van der Waals surface area (Å²) in [5, 5.41) is 4.13. The first kappa shape index (κ1) is 11.2. The number of nitrogens with zero attached hydrogens (tertiary/aromatic N) is 2. The Balaban J connectivity index is 1.87. The molecule has 1 N–H and O–H groups in total. The van der Waals surface area contributed by atoms with E-state index in [9.17, 15) is 0 Å². The van der Waals surface area contributed by atoms with Crippen molar-refractivity contribution < 1.29 is 0 Å². The molecule has 0 saturated carbocycles. The largest absolute Gasteiger partial charge is 0.337 e. The standard InChI is InChI=1S/C12H14ClN3/c1-16-9-15-8-12(16)7-14-6-10-3-2-4-11(13)5-10/h2-5,8-9,14H,6-7H2,1H3. The molecule has 0 bridgehead atoms. The van der Waals surface area contributed by atoms with E-state index < -0.39 is 0 Å². The average Bonchev–Trinajstić information content (AvgIpc) is 2.65. The zero-order chi connectivity index (χ0) is 11.4. The highest BCUT2D eigenvalue weighted by atomic mass is 35.5. The van der Waals surface area contributed by atoms with Crippen molar-refractivity contribution in [1.29, 1.82) is 0 Å². The summed E-state index contributed by atoms with van der Waals surface area (Å²) in [5.41, 5.74) is 2.36. The molecule has 0 aliphatic rings. The van der Waals surface area contributed by atoms with E-state index in [4.69, 9.17) is 11.6 Å². The highest BCUT2D eigenvalue weighted by molar-refractivity contribution is 6.30. The average molecular weight is 236 g/mol. The van der Waals surface area contributed by atoms with E-state index in [-0.39, 0.29) is 0 Å². The number of hydrogen-bond acceptors (Lipinski definition) is 2. The van der Waals surface area contributed by atoms with Crippen LogP contribution in [0.3, 0.4) is 0 Å². The maximum atomic E-state index is 5.91. The molecule has 16 heavy (non-hydrogen) atoms. The molecule has 0 aliphatic carbocycles. The number of rotatable bonds is 4. The quantitative estimate of drug-likeness (QED) is 0.882. The zero-order valence-electron chi connectivity index (χ0n) is 9.15. The first-order chi connectivity index (χ1) is 7.75. The van der Waals surface area contributed by atoms with Crippen LogP contribution in [0.1, 0.15) is 11.3 Å². The molecule has 1 aromatic heterocycles. The highest BCUT2D eigenvalue weighted by Crippen LogP contribution is 2.10. The predicted molar refractivity (Wildman–Crippen MR) is 65.2 cm³/mol. The van der Waals surface area contributed by atoms with Gasteiger partial charge in [-0.05, 0) is 17.7 Å². The van der Waals surface area contributed by atoms with Crippen LogP contribution in [0.4, 0.5) is 0 Å². The molecular formula is C12H14ClN3. The third-order valence-corrected chi connectivity index (χ3v) is 2.68. The molecule has 2 aromatic rings. The summed E-state index contributed by atoms with van der Waals surface area (Å²) < 4.78 is 2.00. The van der Waals surface area contributed by atoms with Gasteiger partial charge in [0, 0.05) is 31.4 Å². The van der Waals surface area contributed by atoms with Gasteiger partial charge in [0.25, 0.3) is 0 Å². The Morgan fingerprint density at radius 1 is 1.38 bits per heavy atom. The summed E-state index contributed by atoms with van der Waals surface area (Å²) >= 11 is 5.91. The minimum Gasteiger partial charge on any atom is -0.337 e. The van der Waals surface area contributed by atoms with Crippen LogP contribution >= 0.6 is 11.6 Å². The molecule has 84 valence electrons. The minimum absolute atomic E-state index is 0.778. The molecule has 1 aromatic carbocycles. The SMILES string of the molecule is Cn1cncc1CNCc1cccc(Cl)c1. The Morgan fingerprint density at radius 3 is 2.94 bits per heavy atom. The molecule has 2 rings (SSSR count). The van der Waals surface area contributed by atoms with Crippen LogP contribution in [-0.4, -0.2) is 9.55 Å². The van der Waals surface area contributed by atoms with Gasteiger partial charge in [0.1, 0.15) is 0 Å². The van der Waals surface area contributed by atoms with Gasteiger partial charge in [0.15, 0.2) is 0 Å². The summed E-state index contributed by atoms with van der Waals surface area (Å²) in [7, 11) is 1.99. The second kappa shape index (κ2) is 5.14. The van der Waals surface area contributed by atoms with E-state index in [0.29, 0.717) is 0 Å². The van der Waals surface area contributed by atoms with Crippen molar-refractivity contribution >= 4 is 11.6 Å². The number of aromatic nitrogens is 2. The molecule has 0 fully saturated rings. The van der Waals surface area contributed by atoms with Gasteiger partial charge in [-0.2, -0.15) is 0 Å². The molecular weight excluding hydrogens is 222 g/mol. The summed E-state index contributed by atoms with van der Waals surface area (Å²) in [6.45, 7) is 1.62. The van der Waals surface area contributed by atoms with E-state index in [2.05, 4.69) is 16.4 Å². The van der Waals surface area contributed by atoms with Gasteiger partial charge < -0.3 is 9.88 Å². The van der Waals surface area contributed by atoms with Crippen molar-refractivity contribution in [1.82, 2.24) is 14.9 Å². The highest BCUT2D eigenvalue weighted by Gasteiger charge is 1.98. The lowest BCUT2D eigenvalue weighted by atomic mass is 10.2. The smallest absolute Gasteiger partial charge is 0.0945 e. The molecule has 0 radical (unpaired) electrons.